The Bertz CT molecular complexity index is 3460. The summed E-state index contributed by atoms with van der Waals surface area (Å²) >= 11 is 0. The van der Waals surface area contributed by atoms with Gasteiger partial charge in [-0.05, 0) is 129 Å². The van der Waals surface area contributed by atoms with Crippen LogP contribution in [0.5, 0.6) is 0 Å². The fraction of sp³-hybridized carbons (Fsp3) is 0. The molecule has 1 heteroatoms. The predicted octanol–water partition coefficient (Wildman–Crippen LogP) is 16.0. The van der Waals surface area contributed by atoms with Crippen LogP contribution in [0.2, 0.25) is 0 Å². The molecule has 57 heavy (non-hydrogen) atoms. The summed E-state index contributed by atoms with van der Waals surface area (Å²) in [4.78, 5) is 0. The Kier molecular flexibility index (Phi) is 7.00. The largest absolute Gasteiger partial charge is 0.456 e. The molecule has 1 aromatic heterocycles. The second kappa shape index (κ2) is 12.5. The van der Waals surface area contributed by atoms with E-state index < -0.39 is 0 Å². The van der Waals surface area contributed by atoms with Crippen LogP contribution in [0.4, 0.5) is 0 Å². The molecular formula is C56H34O. The van der Waals surface area contributed by atoms with E-state index in [4.69, 9.17) is 4.42 Å². The van der Waals surface area contributed by atoms with E-state index in [1.807, 2.05) is 12.1 Å². The fourth-order valence-corrected chi connectivity index (χ4v) is 9.54. The van der Waals surface area contributed by atoms with Crippen LogP contribution in [0.25, 0.3) is 120 Å². The van der Waals surface area contributed by atoms with Crippen LogP contribution in [-0.2, 0) is 0 Å². The first-order valence-electron chi connectivity index (χ1n) is 19.7. The molecule has 0 bridgehead atoms. The first kappa shape index (κ1) is 31.8. The van der Waals surface area contributed by atoms with Crippen LogP contribution in [0.15, 0.2) is 211 Å². The normalized spacial score (nSPS) is 11.9. The van der Waals surface area contributed by atoms with Gasteiger partial charge in [-0.2, -0.15) is 0 Å². The lowest BCUT2D eigenvalue weighted by Gasteiger charge is -2.19. The lowest BCUT2D eigenvalue weighted by Crippen LogP contribution is -1.92. The molecule has 0 fully saturated rings. The zero-order chi connectivity index (χ0) is 37.5. The van der Waals surface area contributed by atoms with Gasteiger partial charge in [-0.15, -0.1) is 0 Å². The maximum absolute atomic E-state index is 6.22. The van der Waals surface area contributed by atoms with Gasteiger partial charge in [-0.1, -0.05) is 176 Å². The highest BCUT2D eigenvalue weighted by Crippen LogP contribution is 2.47. The molecule has 0 unspecified atom stereocenters. The summed E-state index contributed by atoms with van der Waals surface area (Å²) in [6.07, 6.45) is 0. The average molecular weight is 723 g/mol. The van der Waals surface area contributed by atoms with E-state index in [1.165, 1.54) is 98.4 Å². The van der Waals surface area contributed by atoms with Gasteiger partial charge in [0.1, 0.15) is 11.2 Å². The van der Waals surface area contributed by atoms with E-state index in [9.17, 15) is 0 Å². The van der Waals surface area contributed by atoms with Gasteiger partial charge in [0.2, 0.25) is 0 Å². The van der Waals surface area contributed by atoms with E-state index in [1.54, 1.807) is 0 Å². The summed E-state index contributed by atoms with van der Waals surface area (Å²) in [5.41, 5.74) is 11.8. The van der Waals surface area contributed by atoms with E-state index in [-0.39, 0.29) is 0 Å². The van der Waals surface area contributed by atoms with Crippen molar-refractivity contribution in [2.24, 2.45) is 0 Å². The van der Waals surface area contributed by atoms with Crippen molar-refractivity contribution in [2.75, 3.05) is 0 Å². The van der Waals surface area contributed by atoms with Crippen molar-refractivity contribution < 1.29 is 4.42 Å². The highest BCUT2D eigenvalue weighted by molar-refractivity contribution is 6.24. The van der Waals surface area contributed by atoms with Crippen molar-refractivity contribution >= 4 is 75.8 Å². The molecule has 0 aliphatic rings. The molecule has 0 atom stereocenters. The zero-order valence-electron chi connectivity index (χ0n) is 31.0. The monoisotopic (exact) mass is 722 g/mol. The van der Waals surface area contributed by atoms with Gasteiger partial charge in [-0.3, -0.25) is 0 Å². The summed E-state index contributed by atoms with van der Waals surface area (Å²) < 4.78 is 6.22. The van der Waals surface area contributed by atoms with E-state index in [2.05, 4.69) is 194 Å². The summed E-state index contributed by atoms with van der Waals surface area (Å²) in [6.45, 7) is 0. The minimum atomic E-state index is 0.912. The van der Waals surface area contributed by atoms with E-state index in [0.29, 0.717) is 0 Å². The van der Waals surface area contributed by atoms with Gasteiger partial charge in [0.05, 0.1) is 0 Å². The number of hydrogen-bond acceptors (Lipinski definition) is 1. The summed E-state index contributed by atoms with van der Waals surface area (Å²) in [5, 5.41) is 14.8. The second-order valence-electron chi connectivity index (χ2n) is 15.1. The highest BCUT2D eigenvalue weighted by Gasteiger charge is 2.20. The van der Waals surface area contributed by atoms with Crippen molar-refractivity contribution in [3.63, 3.8) is 0 Å². The Morgan fingerprint density at radius 2 is 0.544 bits per heavy atom. The molecule has 264 valence electrons. The van der Waals surface area contributed by atoms with Crippen LogP contribution >= 0.6 is 0 Å². The van der Waals surface area contributed by atoms with Crippen molar-refractivity contribution in [2.45, 2.75) is 0 Å². The molecule has 12 aromatic rings. The van der Waals surface area contributed by atoms with Crippen molar-refractivity contribution in [3.05, 3.63) is 206 Å². The Morgan fingerprint density at radius 3 is 1.00 bits per heavy atom. The Hall–Kier alpha value is -7.48. The SMILES string of the molecule is c1ccc(-c2c3ccccc3c(-c3ccc4cc(-c5c6ccccc6c(-c6ccc7oc8ccccc8c7c6)c6ccccc56)ccc4c3)c3ccccc23)cc1. The minimum absolute atomic E-state index is 0.912. The average Bonchev–Trinajstić information content (AvgIpc) is 3.65. The van der Waals surface area contributed by atoms with Gasteiger partial charge >= 0.3 is 0 Å². The number of rotatable bonds is 4. The summed E-state index contributed by atoms with van der Waals surface area (Å²) in [7, 11) is 0. The molecule has 0 N–H and O–H groups in total. The van der Waals surface area contributed by atoms with Gasteiger partial charge in [-0.25, -0.2) is 0 Å². The molecule has 1 heterocycles. The maximum Gasteiger partial charge on any atom is 0.135 e. The first-order chi connectivity index (χ1) is 28.3. The molecule has 11 aromatic carbocycles. The van der Waals surface area contributed by atoms with Crippen LogP contribution in [-0.4, -0.2) is 0 Å². The number of fused-ring (bicyclic) bond motifs is 8. The predicted molar refractivity (Wildman–Crippen MR) is 243 cm³/mol. The van der Waals surface area contributed by atoms with Crippen molar-refractivity contribution in [1.29, 1.82) is 0 Å². The van der Waals surface area contributed by atoms with Crippen LogP contribution in [0, 0.1) is 0 Å². The Labute approximate surface area is 329 Å². The number of furan rings is 1. The topological polar surface area (TPSA) is 13.1 Å². The second-order valence-corrected chi connectivity index (χ2v) is 15.1. The number of para-hydroxylation sites is 1. The molecule has 0 radical (unpaired) electrons. The third-order valence-corrected chi connectivity index (χ3v) is 12.0. The van der Waals surface area contributed by atoms with Crippen LogP contribution < -0.4 is 0 Å². The highest BCUT2D eigenvalue weighted by atomic mass is 16.3. The minimum Gasteiger partial charge on any atom is -0.456 e. The molecule has 0 saturated carbocycles. The lowest BCUT2D eigenvalue weighted by molar-refractivity contribution is 0.669. The van der Waals surface area contributed by atoms with Gasteiger partial charge < -0.3 is 4.42 Å². The Morgan fingerprint density at radius 1 is 0.211 bits per heavy atom. The fourth-order valence-electron chi connectivity index (χ4n) is 9.54. The molecule has 1 nitrogen and oxygen atoms in total. The summed E-state index contributed by atoms with van der Waals surface area (Å²) in [5.74, 6) is 0. The van der Waals surface area contributed by atoms with Gasteiger partial charge in [0.25, 0.3) is 0 Å². The summed E-state index contributed by atoms with van der Waals surface area (Å²) in [6, 6.07) is 75.4. The molecule has 0 aliphatic heterocycles. The number of hydrogen-bond donors (Lipinski definition) is 0. The quantitative estimate of drug-likeness (QED) is 0.165. The molecule has 0 saturated heterocycles. The zero-order valence-corrected chi connectivity index (χ0v) is 31.0. The number of benzene rings is 11. The van der Waals surface area contributed by atoms with Crippen LogP contribution in [0.3, 0.4) is 0 Å². The van der Waals surface area contributed by atoms with Gasteiger partial charge in [0, 0.05) is 10.8 Å². The molecule has 0 amide bonds. The molecule has 0 aliphatic carbocycles. The molecule has 12 rings (SSSR count). The van der Waals surface area contributed by atoms with E-state index >= 15 is 0 Å². The maximum atomic E-state index is 6.22. The standard InChI is InChI=1S/C56H34O/c1-2-14-35(15-3-1)53-42-17-4-6-19-44(42)54(45-20-7-5-18-43(45)53)38-28-26-37-33-39(29-27-36(37)32-38)55-46-21-8-10-23-48(46)56(49-24-11-9-22-47(49)55)40-30-31-52-50(34-40)41-16-12-13-25-51(41)57-52/h1-34H. The third kappa shape index (κ3) is 4.89. The molecular weight excluding hydrogens is 689 g/mol. The third-order valence-electron chi connectivity index (χ3n) is 12.0. The molecule has 0 spiro atoms. The van der Waals surface area contributed by atoms with Gasteiger partial charge in [0.15, 0.2) is 0 Å². The van der Waals surface area contributed by atoms with E-state index in [0.717, 1.165) is 21.9 Å². The Balaban J connectivity index is 1.04. The van der Waals surface area contributed by atoms with Crippen molar-refractivity contribution in [3.8, 4) is 44.5 Å². The van der Waals surface area contributed by atoms with Crippen LogP contribution in [0.1, 0.15) is 0 Å². The smallest absolute Gasteiger partial charge is 0.135 e. The lowest BCUT2D eigenvalue weighted by atomic mass is 9.84. The first-order valence-corrected chi connectivity index (χ1v) is 19.7. The van der Waals surface area contributed by atoms with Crippen molar-refractivity contribution in [1.82, 2.24) is 0 Å².